The Bertz CT molecular complexity index is 956. The van der Waals surface area contributed by atoms with Crippen molar-refractivity contribution in [3.05, 3.63) is 42.0 Å². The highest BCUT2D eigenvalue weighted by molar-refractivity contribution is 5.86. The SMILES string of the molecule is CCCCCCCCCCCCCCOc1ccc(C=Nc2ccc(OCCCCCCCCCCCCCC)cc2O)c(O)c1. The van der Waals surface area contributed by atoms with Crippen LogP contribution in [-0.4, -0.2) is 29.6 Å². The van der Waals surface area contributed by atoms with E-state index in [4.69, 9.17) is 9.47 Å². The molecule has 0 aliphatic carbocycles. The van der Waals surface area contributed by atoms with Crippen molar-refractivity contribution in [3.63, 3.8) is 0 Å². The molecule has 5 heteroatoms. The molecule has 5 nitrogen and oxygen atoms in total. The molecule has 260 valence electrons. The van der Waals surface area contributed by atoms with Crippen LogP contribution in [0.2, 0.25) is 0 Å². The Morgan fingerprint density at radius 2 is 0.848 bits per heavy atom. The van der Waals surface area contributed by atoms with E-state index in [1.165, 1.54) is 141 Å². The van der Waals surface area contributed by atoms with E-state index in [-0.39, 0.29) is 11.5 Å². The van der Waals surface area contributed by atoms with Crippen molar-refractivity contribution in [2.45, 2.75) is 168 Å². The van der Waals surface area contributed by atoms with Gasteiger partial charge in [0.25, 0.3) is 0 Å². The lowest BCUT2D eigenvalue weighted by atomic mass is 10.1. The van der Waals surface area contributed by atoms with Crippen molar-refractivity contribution in [1.82, 2.24) is 0 Å². The first-order chi connectivity index (χ1) is 22.6. The van der Waals surface area contributed by atoms with E-state index in [1.54, 1.807) is 30.5 Å². The van der Waals surface area contributed by atoms with Gasteiger partial charge in [-0.1, -0.05) is 155 Å². The molecule has 0 saturated heterocycles. The molecule has 0 saturated carbocycles. The number of ether oxygens (including phenoxy) is 2. The molecule has 0 amide bonds. The fourth-order valence-corrected chi connectivity index (χ4v) is 5.83. The van der Waals surface area contributed by atoms with Crippen molar-refractivity contribution in [2.24, 2.45) is 4.99 Å². The second-order valence-corrected chi connectivity index (χ2v) is 13.1. The van der Waals surface area contributed by atoms with E-state index >= 15 is 0 Å². The molecule has 0 aliphatic heterocycles. The molecule has 0 aromatic heterocycles. The Labute approximate surface area is 282 Å². The van der Waals surface area contributed by atoms with E-state index in [0.717, 1.165) is 12.8 Å². The summed E-state index contributed by atoms with van der Waals surface area (Å²) in [7, 11) is 0. The summed E-state index contributed by atoms with van der Waals surface area (Å²) in [6, 6.07) is 10.5. The molecule has 0 atom stereocenters. The van der Waals surface area contributed by atoms with Crippen molar-refractivity contribution in [1.29, 1.82) is 0 Å². The summed E-state index contributed by atoms with van der Waals surface area (Å²) in [6.45, 7) is 5.85. The van der Waals surface area contributed by atoms with Crippen molar-refractivity contribution >= 4 is 11.9 Å². The van der Waals surface area contributed by atoms with Gasteiger partial charge in [0.15, 0.2) is 0 Å². The number of aromatic hydroxyl groups is 2. The number of phenols is 2. The number of aliphatic imine (C=N–C) groups is 1. The highest BCUT2D eigenvalue weighted by atomic mass is 16.5. The third kappa shape index (κ3) is 19.7. The Kier molecular flexibility index (Phi) is 23.5. The molecule has 0 aliphatic rings. The molecule has 0 spiro atoms. The third-order valence-electron chi connectivity index (χ3n) is 8.82. The molecule has 0 radical (unpaired) electrons. The minimum atomic E-state index is 0.0605. The van der Waals surface area contributed by atoms with Crippen LogP contribution in [0.15, 0.2) is 41.4 Å². The summed E-state index contributed by atoms with van der Waals surface area (Å²) in [5.41, 5.74) is 1.01. The maximum absolute atomic E-state index is 10.5. The molecule has 0 unspecified atom stereocenters. The second-order valence-electron chi connectivity index (χ2n) is 13.1. The van der Waals surface area contributed by atoms with E-state index in [9.17, 15) is 10.2 Å². The Hall–Kier alpha value is -2.69. The summed E-state index contributed by atoms with van der Waals surface area (Å²) in [5, 5.41) is 20.9. The molecule has 46 heavy (non-hydrogen) atoms. The molecule has 2 rings (SSSR count). The lowest BCUT2D eigenvalue weighted by Crippen LogP contribution is -1.97. The van der Waals surface area contributed by atoms with Gasteiger partial charge in [0.2, 0.25) is 0 Å². The maximum atomic E-state index is 10.5. The fourth-order valence-electron chi connectivity index (χ4n) is 5.83. The zero-order valence-electron chi connectivity index (χ0n) is 29.6. The first-order valence-corrected chi connectivity index (χ1v) is 19.1. The normalized spacial score (nSPS) is 11.4. The van der Waals surface area contributed by atoms with Crippen LogP contribution in [0.1, 0.15) is 174 Å². The van der Waals surface area contributed by atoms with Gasteiger partial charge in [-0.25, -0.2) is 0 Å². The summed E-state index contributed by atoms with van der Waals surface area (Å²) in [6.07, 6.45) is 33.2. The monoisotopic (exact) mass is 638 g/mol. The van der Waals surface area contributed by atoms with Crippen molar-refractivity contribution < 1.29 is 19.7 Å². The summed E-state index contributed by atoms with van der Waals surface area (Å²) in [5.74, 6) is 1.48. The van der Waals surface area contributed by atoms with Crippen LogP contribution in [0.5, 0.6) is 23.0 Å². The largest absolute Gasteiger partial charge is 0.507 e. The van der Waals surface area contributed by atoms with Gasteiger partial charge in [-0.05, 0) is 37.1 Å². The summed E-state index contributed by atoms with van der Waals surface area (Å²) in [4.78, 5) is 4.39. The van der Waals surface area contributed by atoms with E-state index in [0.29, 0.717) is 36.0 Å². The first-order valence-electron chi connectivity index (χ1n) is 19.1. The fraction of sp³-hybridized carbons (Fsp3) is 0.683. The smallest absolute Gasteiger partial charge is 0.144 e. The van der Waals surface area contributed by atoms with Crippen LogP contribution < -0.4 is 9.47 Å². The van der Waals surface area contributed by atoms with Gasteiger partial charge in [-0.15, -0.1) is 0 Å². The van der Waals surface area contributed by atoms with Gasteiger partial charge in [0.05, 0.1) is 13.2 Å². The van der Waals surface area contributed by atoms with Crippen LogP contribution in [-0.2, 0) is 0 Å². The highest BCUT2D eigenvalue weighted by Gasteiger charge is 2.05. The number of benzene rings is 2. The molecular weight excluding hydrogens is 570 g/mol. The molecule has 0 bridgehead atoms. The lowest BCUT2D eigenvalue weighted by Gasteiger charge is -2.09. The van der Waals surface area contributed by atoms with Crippen LogP contribution in [0, 0.1) is 0 Å². The molecule has 2 N–H and O–H groups in total. The third-order valence-corrected chi connectivity index (χ3v) is 8.82. The molecular formula is C41H67NO4. The second kappa shape index (κ2) is 27.4. The van der Waals surface area contributed by atoms with Gasteiger partial charge < -0.3 is 19.7 Å². The van der Waals surface area contributed by atoms with E-state index < -0.39 is 0 Å². The highest BCUT2D eigenvalue weighted by Crippen LogP contribution is 2.31. The first kappa shape index (κ1) is 39.5. The molecule has 0 fully saturated rings. The van der Waals surface area contributed by atoms with Gasteiger partial charge in [-0.3, -0.25) is 4.99 Å². The zero-order valence-corrected chi connectivity index (χ0v) is 29.6. The average molecular weight is 638 g/mol. The molecule has 2 aromatic rings. The number of hydrogen-bond donors (Lipinski definition) is 2. The Morgan fingerprint density at radius 1 is 0.478 bits per heavy atom. The van der Waals surface area contributed by atoms with Crippen LogP contribution in [0.3, 0.4) is 0 Å². The number of rotatable bonds is 30. The van der Waals surface area contributed by atoms with Crippen molar-refractivity contribution in [3.8, 4) is 23.0 Å². The number of unbranched alkanes of at least 4 members (excludes halogenated alkanes) is 22. The molecule has 2 aromatic carbocycles. The Balaban J connectivity index is 1.55. The zero-order chi connectivity index (χ0) is 32.9. The van der Waals surface area contributed by atoms with E-state index in [2.05, 4.69) is 18.8 Å². The lowest BCUT2D eigenvalue weighted by molar-refractivity contribution is 0.302. The summed E-state index contributed by atoms with van der Waals surface area (Å²) < 4.78 is 11.7. The number of hydrogen-bond acceptors (Lipinski definition) is 5. The van der Waals surface area contributed by atoms with Crippen LogP contribution in [0.25, 0.3) is 0 Å². The van der Waals surface area contributed by atoms with Gasteiger partial charge in [0.1, 0.15) is 28.7 Å². The predicted octanol–water partition coefficient (Wildman–Crippen LogP) is 13.0. The van der Waals surface area contributed by atoms with E-state index in [1.807, 2.05) is 12.1 Å². The standard InChI is InChI=1S/C41H67NO4/c1-3-5-7-9-11-13-15-17-19-21-23-25-31-45-37-28-27-36(40(43)33-37)35-42-39-30-29-38(34-41(39)44)46-32-26-24-22-20-18-16-14-12-10-8-6-4-2/h27-30,33-35,43-44H,3-26,31-32H2,1-2H3. The van der Waals surface area contributed by atoms with Gasteiger partial charge in [0, 0.05) is 23.9 Å². The predicted molar refractivity (Wildman–Crippen MR) is 197 cm³/mol. The Morgan fingerprint density at radius 3 is 1.24 bits per heavy atom. The molecule has 0 heterocycles. The minimum absolute atomic E-state index is 0.0605. The maximum Gasteiger partial charge on any atom is 0.144 e. The number of nitrogens with zero attached hydrogens (tertiary/aromatic N) is 1. The van der Waals surface area contributed by atoms with Gasteiger partial charge in [-0.2, -0.15) is 0 Å². The van der Waals surface area contributed by atoms with Gasteiger partial charge >= 0.3 is 0 Å². The van der Waals surface area contributed by atoms with Crippen LogP contribution >= 0.6 is 0 Å². The number of phenolic OH excluding ortho intramolecular Hbond substituents is 2. The van der Waals surface area contributed by atoms with Crippen molar-refractivity contribution in [2.75, 3.05) is 13.2 Å². The minimum Gasteiger partial charge on any atom is -0.507 e. The quantitative estimate of drug-likeness (QED) is 0.0660. The van der Waals surface area contributed by atoms with Crippen LogP contribution in [0.4, 0.5) is 5.69 Å². The average Bonchev–Trinajstić information content (AvgIpc) is 3.05. The topological polar surface area (TPSA) is 71.3 Å². The summed E-state index contributed by atoms with van der Waals surface area (Å²) >= 11 is 0.